The molecule has 0 aromatic heterocycles. The highest BCUT2D eigenvalue weighted by molar-refractivity contribution is 6.30. The minimum atomic E-state index is -0.559. The molecule has 4 heteroatoms. The minimum Gasteiger partial charge on any atom is -0.633 e. The molecule has 1 fully saturated rings. The Labute approximate surface area is 155 Å². The highest BCUT2D eigenvalue weighted by Gasteiger charge is 2.33. The van der Waals surface area contributed by atoms with E-state index in [1.165, 1.54) is 0 Å². The molecule has 2 aromatic carbocycles. The Morgan fingerprint density at radius 3 is 2.36 bits per heavy atom. The summed E-state index contributed by atoms with van der Waals surface area (Å²) < 4.78 is 6.27. The number of rotatable bonds is 6. The molecule has 1 heterocycles. The van der Waals surface area contributed by atoms with Crippen molar-refractivity contribution in [3.8, 4) is 0 Å². The second kappa shape index (κ2) is 7.46. The average Bonchev–Trinajstić information content (AvgIpc) is 2.94. The smallest absolute Gasteiger partial charge is 0.115 e. The molecule has 0 saturated carbocycles. The van der Waals surface area contributed by atoms with Crippen molar-refractivity contribution in [1.82, 2.24) is 0 Å². The van der Waals surface area contributed by atoms with Crippen LogP contribution >= 0.6 is 11.6 Å². The molecule has 134 valence electrons. The minimum absolute atomic E-state index is 0.133. The first-order valence-corrected chi connectivity index (χ1v) is 9.31. The molecule has 0 unspecified atom stereocenters. The molecule has 0 radical (unpaired) electrons. The summed E-state index contributed by atoms with van der Waals surface area (Å²) in [7, 11) is 1.78. The molecule has 1 saturated heterocycles. The van der Waals surface area contributed by atoms with Crippen molar-refractivity contribution >= 4 is 11.6 Å². The van der Waals surface area contributed by atoms with Crippen LogP contribution in [0.1, 0.15) is 37.3 Å². The Kier molecular flexibility index (Phi) is 5.49. The van der Waals surface area contributed by atoms with Gasteiger partial charge in [0, 0.05) is 24.3 Å². The van der Waals surface area contributed by atoms with Gasteiger partial charge in [-0.05, 0) is 30.2 Å². The standard InChI is InChI=1S/C21H26ClNO2/c1-21(17-7-4-3-5-8-17,18-10-12-19(22)13-11-18)25-16-14-20-9-6-15-23(20,2)24/h3-5,7-8,10-13,20H,6,9,14-16H2,1-2H3/t20-,21-,23+/m1/s1. The van der Waals surface area contributed by atoms with E-state index >= 15 is 0 Å². The Hall–Kier alpha value is -1.39. The van der Waals surface area contributed by atoms with Gasteiger partial charge in [-0.15, -0.1) is 0 Å². The van der Waals surface area contributed by atoms with Gasteiger partial charge in [0.25, 0.3) is 0 Å². The summed E-state index contributed by atoms with van der Waals surface area (Å²) in [4.78, 5) is 0. The topological polar surface area (TPSA) is 32.3 Å². The van der Waals surface area contributed by atoms with Crippen molar-refractivity contribution in [3.63, 3.8) is 0 Å². The van der Waals surface area contributed by atoms with Gasteiger partial charge in [-0.3, -0.25) is 0 Å². The molecule has 3 rings (SSSR count). The van der Waals surface area contributed by atoms with Gasteiger partial charge in [-0.2, -0.15) is 0 Å². The molecule has 0 aliphatic carbocycles. The van der Waals surface area contributed by atoms with Gasteiger partial charge in [-0.1, -0.05) is 54.1 Å². The highest BCUT2D eigenvalue weighted by Crippen LogP contribution is 2.35. The third-order valence-electron chi connectivity index (χ3n) is 5.47. The number of benzene rings is 2. The Bertz CT molecular complexity index is 687. The maximum absolute atomic E-state index is 12.4. The van der Waals surface area contributed by atoms with Crippen molar-refractivity contribution in [2.24, 2.45) is 0 Å². The summed E-state index contributed by atoms with van der Waals surface area (Å²) in [5.74, 6) is 0. The summed E-state index contributed by atoms with van der Waals surface area (Å²) in [6.07, 6.45) is 2.79. The molecule has 2 aromatic rings. The van der Waals surface area contributed by atoms with E-state index < -0.39 is 5.60 Å². The normalized spacial score (nSPS) is 25.7. The van der Waals surface area contributed by atoms with Crippen LogP contribution in [-0.4, -0.2) is 30.9 Å². The maximum atomic E-state index is 12.4. The van der Waals surface area contributed by atoms with E-state index in [-0.39, 0.29) is 10.7 Å². The molecule has 3 atom stereocenters. The molecule has 0 bridgehead atoms. The lowest BCUT2D eigenvalue weighted by Gasteiger charge is -2.41. The summed E-state index contributed by atoms with van der Waals surface area (Å²) >= 11 is 6.05. The zero-order chi connectivity index (χ0) is 17.9. The summed E-state index contributed by atoms with van der Waals surface area (Å²) in [5.41, 5.74) is 1.61. The SMILES string of the molecule is C[C@@](OCC[C@H]1CCC[N@+]1(C)[O-])(c1ccccc1)c1ccc(Cl)cc1. The molecular formula is C21H26ClNO2. The lowest BCUT2D eigenvalue weighted by atomic mass is 9.88. The van der Waals surface area contributed by atoms with Crippen LogP contribution in [0.4, 0.5) is 0 Å². The summed E-state index contributed by atoms with van der Waals surface area (Å²) in [6, 6.07) is 18.2. The van der Waals surface area contributed by atoms with Crippen LogP contribution in [0, 0.1) is 5.21 Å². The van der Waals surface area contributed by atoms with E-state index in [9.17, 15) is 5.21 Å². The van der Waals surface area contributed by atoms with Crippen molar-refractivity contribution < 1.29 is 9.38 Å². The zero-order valence-corrected chi connectivity index (χ0v) is 15.7. The van der Waals surface area contributed by atoms with Gasteiger partial charge >= 0.3 is 0 Å². The van der Waals surface area contributed by atoms with Crippen LogP contribution in [0.15, 0.2) is 54.6 Å². The summed E-state index contributed by atoms with van der Waals surface area (Å²) in [5, 5.41) is 13.1. The first kappa shape index (κ1) is 18.4. The van der Waals surface area contributed by atoms with E-state index in [1.54, 1.807) is 7.05 Å². The number of halogens is 1. The van der Waals surface area contributed by atoms with Gasteiger partial charge < -0.3 is 14.6 Å². The van der Waals surface area contributed by atoms with Crippen LogP contribution in [0.2, 0.25) is 5.02 Å². The quantitative estimate of drug-likeness (QED) is 0.529. The predicted octanol–water partition coefficient (Wildman–Crippen LogP) is 5.12. The van der Waals surface area contributed by atoms with Crippen molar-refractivity contribution in [2.75, 3.05) is 20.2 Å². The first-order valence-electron chi connectivity index (χ1n) is 8.93. The van der Waals surface area contributed by atoms with Crippen LogP contribution in [0.3, 0.4) is 0 Å². The van der Waals surface area contributed by atoms with Gasteiger partial charge in [0.2, 0.25) is 0 Å². The maximum Gasteiger partial charge on any atom is 0.115 e. The average molecular weight is 360 g/mol. The lowest BCUT2D eigenvalue weighted by molar-refractivity contribution is -0.873. The Morgan fingerprint density at radius 2 is 1.76 bits per heavy atom. The van der Waals surface area contributed by atoms with Gasteiger partial charge in [-0.25, -0.2) is 0 Å². The number of hydroxylamine groups is 3. The van der Waals surface area contributed by atoms with Gasteiger partial charge in [0.1, 0.15) is 5.60 Å². The van der Waals surface area contributed by atoms with Gasteiger partial charge in [0.05, 0.1) is 26.2 Å². The molecular weight excluding hydrogens is 334 g/mol. The molecule has 0 N–H and O–H groups in total. The summed E-state index contributed by atoms with van der Waals surface area (Å²) in [6.45, 7) is 3.37. The molecule has 1 aliphatic rings. The van der Waals surface area contributed by atoms with Crippen LogP contribution in [-0.2, 0) is 10.3 Å². The fraction of sp³-hybridized carbons (Fsp3) is 0.429. The van der Waals surface area contributed by atoms with E-state index in [4.69, 9.17) is 16.3 Å². The zero-order valence-electron chi connectivity index (χ0n) is 15.0. The van der Waals surface area contributed by atoms with E-state index in [2.05, 4.69) is 19.1 Å². The first-order chi connectivity index (χ1) is 11.9. The molecule has 1 aliphatic heterocycles. The third-order valence-corrected chi connectivity index (χ3v) is 5.73. The monoisotopic (exact) mass is 359 g/mol. The van der Waals surface area contributed by atoms with E-state index in [0.717, 1.165) is 36.9 Å². The van der Waals surface area contributed by atoms with Crippen LogP contribution in [0.5, 0.6) is 0 Å². The van der Waals surface area contributed by atoms with Crippen molar-refractivity contribution in [3.05, 3.63) is 76.0 Å². The second-order valence-electron chi connectivity index (χ2n) is 7.24. The second-order valence-corrected chi connectivity index (χ2v) is 7.67. The molecule has 3 nitrogen and oxygen atoms in total. The van der Waals surface area contributed by atoms with Crippen LogP contribution in [0.25, 0.3) is 0 Å². The van der Waals surface area contributed by atoms with Crippen molar-refractivity contribution in [1.29, 1.82) is 0 Å². The Balaban J connectivity index is 1.79. The lowest BCUT2D eigenvalue weighted by Crippen LogP contribution is -2.43. The fourth-order valence-electron chi connectivity index (χ4n) is 3.77. The molecule has 0 amide bonds. The number of ether oxygens (including phenoxy) is 1. The largest absolute Gasteiger partial charge is 0.633 e. The highest BCUT2D eigenvalue weighted by atomic mass is 35.5. The number of hydrogen-bond acceptors (Lipinski definition) is 2. The molecule has 25 heavy (non-hydrogen) atoms. The van der Waals surface area contributed by atoms with E-state index in [0.29, 0.717) is 11.6 Å². The van der Waals surface area contributed by atoms with Crippen molar-refractivity contribution in [2.45, 2.75) is 37.8 Å². The fourth-order valence-corrected chi connectivity index (χ4v) is 3.90. The number of nitrogens with zero attached hydrogens (tertiary/aromatic N) is 1. The number of quaternary nitrogens is 1. The number of likely N-dealkylation sites (tertiary alicyclic amines) is 1. The Morgan fingerprint density at radius 1 is 1.12 bits per heavy atom. The van der Waals surface area contributed by atoms with E-state index in [1.807, 2.05) is 42.5 Å². The number of hydrogen-bond donors (Lipinski definition) is 0. The van der Waals surface area contributed by atoms with Gasteiger partial charge in [0.15, 0.2) is 0 Å². The molecule has 0 spiro atoms. The predicted molar refractivity (Wildman–Crippen MR) is 102 cm³/mol. The third kappa shape index (κ3) is 4.06. The van der Waals surface area contributed by atoms with Crippen LogP contribution < -0.4 is 0 Å².